The van der Waals surface area contributed by atoms with Crippen molar-refractivity contribution in [1.29, 1.82) is 0 Å². The lowest BCUT2D eigenvalue weighted by atomic mass is 10.0. The van der Waals surface area contributed by atoms with Crippen molar-refractivity contribution >= 4 is 11.8 Å². The smallest absolute Gasteiger partial charge is 0.414 e. The summed E-state index contributed by atoms with van der Waals surface area (Å²) >= 11 is 0. The molecule has 5 heteroatoms. The largest absolute Gasteiger partial charge is 0.443 e. The van der Waals surface area contributed by atoms with E-state index in [9.17, 15) is 9.18 Å². The van der Waals surface area contributed by atoms with E-state index in [4.69, 9.17) is 10.5 Å². The zero-order chi connectivity index (χ0) is 14.8. The normalized spacial score (nSPS) is 17.9. The molecule has 0 spiro atoms. The molecule has 0 aromatic heterocycles. The third-order valence-corrected chi connectivity index (χ3v) is 3.49. The standard InChI is InChI=1S/C16H15FN2O2/c17-15-8-12(19-10-13(9-18)21-16(19)20)6-7-14(15)11-4-2-1-3-5-11/h1-8,13H,9-10,18H2. The number of cyclic esters (lactones) is 1. The number of hydrogen-bond donors (Lipinski definition) is 1. The number of halogens is 1. The fourth-order valence-electron chi connectivity index (χ4n) is 2.38. The first-order chi connectivity index (χ1) is 10.2. The molecule has 108 valence electrons. The van der Waals surface area contributed by atoms with Gasteiger partial charge in [-0.15, -0.1) is 0 Å². The highest BCUT2D eigenvalue weighted by molar-refractivity contribution is 5.90. The second-order valence-corrected chi connectivity index (χ2v) is 4.88. The highest BCUT2D eigenvalue weighted by atomic mass is 19.1. The summed E-state index contributed by atoms with van der Waals surface area (Å²) in [6.45, 7) is 0.603. The zero-order valence-corrected chi connectivity index (χ0v) is 11.3. The molecule has 0 bridgehead atoms. The second-order valence-electron chi connectivity index (χ2n) is 4.88. The molecule has 2 N–H and O–H groups in total. The van der Waals surface area contributed by atoms with Crippen molar-refractivity contribution < 1.29 is 13.9 Å². The van der Waals surface area contributed by atoms with E-state index in [1.807, 2.05) is 30.3 Å². The quantitative estimate of drug-likeness (QED) is 0.944. The van der Waals surface area contributed by atoms with Crippen LogP contribution in [0.4, 0.5) is 14.9 Å². The molecule has 1 fully saturated rings. The lowest BCUT2D eigenvalue weighted by Gasteiger charge is -2.14. The van der Waals surface area contributed by atoms with E-state index in [2.05, 4.69) is 0 Å². The van der Waals surface area contributed by atoms with Gasteiger partial charge in [0.05, 0.1) is 12.2 Å². The van der Waals surface area contributed by atoms with Gasteiger partial charge in [0.2, 0.25) is 0 Å². The molecule has 2 aromatic rings. The molecule has 0 aliphatic carbocycles. The number of carbonyl (C=O) groups excluding carboxylic acids is 1. The first-order valence-electron chi connectivity index (χ1n) is 6.72. The van der Waals surface area contributed by atoms with Crippen molar-refractivity contribution in [3.63, 3.8) is 0 Å². The number of rotatable bonds is 3. The van der Waals surface area contributed by atoms with Gasteiger partial charge < -0.3 is 10.5 Å². The van der Waals surface area contributed by atoms with Gasteiger partial charge in [-0.1, -0.05) is 30.3 Å². The van der Waals surface area contributed by atoms with E-state index < -0.39 is 6.09 Å². The maximum atomic E-state index is 14.3. The highest BCUT2D eigenvalue weighted by Gasteiger charge is 2.31. The molecule has 0 saturated carbocycles. The Labute approximate surface area is 121 Å². The molecule has 1 heterocycles. The Morgan fingerprint density at radius 3 is 2.62 bits per heavy atom. The minimum atomic E-state index is -0.489. The van der Waals surface area contributed by atoms with Crippen LogP contribution < -0.4 is 10.6 Å². The van der Waals surface area contributed by atoms with Crippen molar-refractivity contribution in [3.05, 3.63) is 54.3 Å². The number of carbonyl (C=O) groups is 1. The summed E-state index contributed by atoms with van der Waals surface area (Å²) in [7, 11) is 0. The van der Waals surface area contributed by atoms with Crippen molar-refractivity contribution in [2.45, 2.75) is 6.10 Å². The Hall–Kier alpha value is -2.40. The van der Waals surface area contributed by atoms with Gasteiger partial charge in [-0.3, -0.25) is 4.90 Å². The minimum Gasteiger partial charge on any atom is -0.443 e. The number of anilines is 1. The van der Waals surface area contributed by atoms with E-state index in [1.165, 1.54) is 11.0 Å². The maximum Gasteiger partial charge on any atom is 0.414 e. The van der Waals surface area contributed by atoms with Gasteiger partial charge in [-0.2, -0.15) is 0 Å². The Balaban J connectivity index is 1.90. The molecule has 1 atom stereocenters. The number of benzene rings is 2. The van der Waals surface area contributed by atoms with Crippen LogP contribution in [-0.4, -0.2) is 25.3 Å². The molecule has 0 radical (unpaired) electrons. The summed E-state index contributed by atoms with van der Waals surface area (Å²) in [6, 6.07) is 14.0. The fourth-order valence-corrected chi connectivity index (χ4v) is 2.38. The van der Waals surface area contributed by atoms with Crippen LogP contribution in [0.15, 0.2) is 48.5 Å². The molecular weight excluding hydrogens is 271 g/mol. The lowest BCUT2D eigenvalue weighted by molar-refractivity contribution is 0.145. The van der Waals surface area contributed by atoms with E-state index in [1.54, 1.807) is 12.1 Å². The Morgan fingerprint density at radius 2 is 2.00 bits per heavy atom. The summed E-state index contributed by atoms with van der Waals surface area (Å²) in [5.74, 6) is -0.373. The van der Waals surface area contributed by atoms with Crippen LogP contribution in [0.2, 0.25) is 0 Å². The number of nitrogens with two attached hydrogens (primary N) is 1. The Morgan fingerprint density at radius 1 is 1.24 bits per heavy atom. The van der Waals surface area contributed by atoms with Crippen LogP contribution in [0, 0.1) is 5.82 Å². The molecule has 21 heavy (non-hydrogen) atoms. The van der Waals surface area contributed by atoms with Crippen molar-refractivity contribution in [1.82, 2.24) is 0 Å². The third kappa shape index (κ3) is 2.60. The van der Waals surface area contributed by atoms with Gasteiger partial charge in [0.25, 0.3) is 0 Å². The average molecular weight is 286 g/mol. The predicted molar refractivity (Wildman–Crippen MR) is 78.5 cm³/mol. The van der Waals surface area contributed by atoms with Gasteiger partial charge in [-0.25, -0.2) is 9.18 Å². The molecule has 1 aliphatic heterocycles. The first kappa shape index (κ1) is 13.6. The van der Waals surface area contributed by atoms with E-state index >= 15 is 0 Å². The Kier molecular flexibility index (Phi) is 3.58. The van der Waals surface area contributed by atoms with Gasteiger partial charge in [-0.05, 0) is 23.8 Å². The molecule has 1 amide bonds. The summed E-state index contributed by atoms with van der Waals surface area (Å²) in [5, 5.41) is 0. The number of hydrogen-bond acceptors (Lipinski definition) is 3. The van der Waals surface area contributed by atoms with Crippen molar-refractivity contribution in [2.75, 3.05) is 18.0 Å². The van der Waals surface area contributed by atoms with E-state index in [-0.39, 0.29) is 18.5 Å². The maximum absolute atomic E-state index is 14.3. The SMILES string of the molecule is NCC1CN(c2ccc(-c3ccccc3)c(F)c2)C(=O)O1. The topological polar surface area (TPSA) is 55.6 Å². The molecule has 2 aromatic carbocycles. The van der Waals surface area contributed by atoms with Crippen LogP contribution >= 0.6 is 0 Å². The molecule has 1 unspecified atom stereocenters. The average Bonchev–Trinajstić information content (AvgIpc) is 2.89. The highest BCUT2D eigenvalue weighted by Crippen LogP contribution is 2.28. The van der Waals surface area contributed by atoms with Crippen molar-refractivity contribution in [3.8, 4) is 11.1 Å². The van der Waals surface area contributed by atoms with Crippen LogP contribution in [0.3, 0.4) is 0 Å². The molecule has 4 nitrogen and oxygen atoms in total. The fraction of sp³-hybridized carbons (Fsp3) is 0.188. The molecule has 3 rings (SSSR count). The van der Waals surface area contributed by atoms with Crippen LogP contribution in [0.5, 0.6) is 0 Å². The summed E-state index contributed by atoms with van der Waals surface area (Å²) in [6.07, 6.45) is -0.827. The summed E-state index contributed by atoms with van der Waals surface area (Å²) in [5.41, 5.74) is 7.27. The zero-order valence-electron chi connectivity index (χ0n) is 11.3. The third-order valence-electron chi connectivity index (χ3n) is 3.49. The van der Waals surface area contributed by atoms with Crippen LogP contribution in [-0.2, 0) is 4.74 Å². The van der Waals surface area contributed by atoms with E-state index in [0.29, 0.717) is 17.8 Å². The predicted octanol–water partition coefficient (Wildman–Crippen LogP) is 2.78. The van der Waals surface area contributed by atoms with Crippen LogP contribution in [0.25, 0.3) is 11.1 Å². The lowest BCUT2D eigenvalue weighted by Crippen LogP contribution is -2.27. The van der Waals surface area contributed by atoms with Gasteiger partial charge >= 0.3 is 6.09 Å². The number of amides is 1. The van der Waals surface area contributed by atoms with Gasteiger partial charge in [0, 0.05) is 12.1 Å². The molecule has 1 aliphatic rings. The van der Waals surface area contributed by atoms with E-state index in [0.717, 1.165) is 5.56 Å². The van der Waals surface area contributed by atoms with Crippen molar-refractivity contribution in [2.24, 2.45) is 5.73 Å². The summed E-state index contributed by atoms with van der Waals surface area (Å²) < 4.78 is 19.4. The molecular formula is C16H15FN2O2. The monoisotopic (exact) mass is 286 g/mol. The summed E-state index contributed by atoms with van der Waals surface area (Å²) in [4.78, 5) is 13.1. The number of nitrogens with zero attached hydrogens (tertiary/aromatic N) is 1. The second kappa shape index (κ2) is 5.54. The Bertz CT molecular complexity index is 661. The van der Waals surface area contributed by atoms with Gasteiger partial charge in [0.1, 0.15) is 11.9 Å². The van der Waals surface area contributed by atoms with Gasteiger partial charge in [0.15, 0.2) is 0 Å². The number of ether oxygens (including phenoxy) is 1. The van der Waals surface area contributed by atoms with Crippen LogP contribution in [0.1, 0.15) is 0 Å². The minimum absolute atomic E-state index is 0.257. The molecule has 1 saturated heterocycles. The first-order valence-corrected chi connectivity index (χ1v) is 6.72.